The van der Waals surface area contributed by atoms with Gasteiger partial charge in [-0.1, -0.05) is 6.07 Å². The first-order valence-electron chi connectivity index (χ1n) is 13.4. The van der Waals surface area contributed by atoms with Crippen LogP contribution in [-0.2, 0) is 14.9 Å². The fourth-order valence-corrected chi connectivity index (χ4v) is 5.15. The molecule has 2 saturated carbocycles. The van der Waals surface area contributed by atoms with Crippen LogP contribution in [0.4, 0.5) is 14.5 Å². The first-order valence-corrected chi connectivity index (χ1v) is 13.4. The predicted molar refractivity (Wildman–Crippen MR) is 143 cm³/mol. The third kappa shape index (κ3) is 5.40. The van der Waals surface area contributed by atoms with Gasteiger partial charge < -0.3 is 14.8 Å². The van der Waals surface area contributed by atoms with Gasteiger partial charge in [0.1, 0.15) is 11.6 Å². The van der Waals surface area contributed by atoms with Gasteiger partial charge in [-0.05, 0) is 69.7 Å². The van der Waals surface area contributed by atoms with Crippen LogP contribution in [0, 0.1) is 12.7 Å². The van der Waals surface area contributed by atoms with Crippen molar-refractivity contribution in [3.05, 3.63) is 65.2 Å². The molecule has 5 rings (SSSR count). The molecule has 1 N–H and O–H groups in total. The quantitative estimate of drug-likeness (QED) is 0.309. The summed E-state index contributed by atoms with van der Waals surface area (Å²) in [6.07, 6.45) is 7.98. The van der Waals surface area contributed by atoms with Crippen LogP contribution in [0.2, 0.25) is 0 Å². The second-order valence-electron chi connectivity index (χ2n) is 10.9. The van der Waals surface area contributed by atoms with Crippen LogP contribution in [0.1, 0.15) is 80.4 Å². The van der Waals surface area contributed by atoms with Crippen molar-refractivity contribution in [3.8, 4) is 16.9 Å². The Balaban J connectivity index is 1.43. The van der Waals surface area contributed by atoms with E-state index in [1.54, 1.807) is 25.3 Å². The molecule has 3 aromatic rings. The van der Waals surface area contributed by atoms with Gasteiger partial charge in [0, 0.05) is 48.5 Å². The third-order valence-electron chi connectivity index (χ3n) is 7.43. The molecule has 2 aromatic carbocycles. The van der Waals surface area contributed by atoms with E-state index in [9.17, 15) is 14.0 Å². The molecule has 0 saturated heterocycles. The van der Waals surface area contributed by atoms with E-state index in [2.05, 4.69) is 10.4 Å². The summed E-state index contributed by atoms with van der Waals surface area (Å²) in [4.78, 5) is 26.4. The van der Waals surface area contributed by atoms with Crippen molar-refractivity contribution in [2.45, 2.75) is 77.1 Å². The molecule has 0 spiro atoms. The molecule has 7 nitrogen and oxygen atoms in total. The summed E-state index contributed by atoms with van der Waals surface area (Å²) < 4.78 is 41.3. The first-order chi connectivity index (χ1) is 18.5. The maximum atomic E-state index is 15.1. The molecule has 1 heterocycles. The number of alkyl halides is 1. The number of rotatable bonds is 9. The van der Waals surface area contributed by atoms with Crippen molar-refractivity contribution in [2.75, 3.05) is 11.9 Å². The number of ether oxygens (including phenoxy) is 2. The fraction of sp³-hybridized carbons (Fsp3) is 0.433. The van der Waals surface area contributed by atoms with Crippen molar-refractivity contribution in [2.24, 2.45) is 0 Å². The predicted octanol–water partition coefficient (Wildman–Crippen LogP) is 6.65. The average molecular weight is 538 g/mol. The maximum absolute atomic E-state index is 15.1. The van der Waals surface area contributed by atoms with Crippen LogP contribution in [0.5, 0.6) is 5.75 Å². The molecule has 206 valence electrons. The lowest BCUT2D eigenvalue weighted by Gasteiger charge is -2.25. The first kappa shape index (κ1) is 26.8. The number of nitrogens with one attached hydrogen (secondary N) is 1. The van der Waals surface area contributed by atoms with E-state index in [4.69, 9.17) is 9.47 Å². The minimum absolute atomic E-state index is 0.0471. The summed E-state index contributed by atoms with van der Waals surface area (Å²) in [5, 5.41) is 7.41. The van der Waals surface area contributed by atoms with E-state index in [0.29, 0.717) is 35.7 Å². The molecule has 1 amide bonds. The van der Waals surface area contributed by atoms with Gasteiger partial charge in [0.05, 0.1) is 29.8 Å². The summed E-state index contributed by atoms with van der Waals surface area (Å²) >= 11 is 0. The number of esters is 1. The van der Waals surface area contributed by atoms with Gasteiger partial charge in [-0.3, -0.25) is 9.48 Å². The number of hydrogen-bond donors (Lipinski definition) is 1. The molecule has 0 atom stereocenters. The number of hydrogen-bond acceptors (Lipinski definition) is 5. The zero-order valence-electron chi connectivity index (χ0n) is 22.6. The van der Waals surface area contributed by atoms with Crippen molar-refractivity contribution in [1.29, 1.82) is 0 Å². The molecule has 2 aliphatic rings. The number of carbonyl (C=O) groups excluding carboxylic acids is 2. The second kappa shape index (κ2) is 10.1. The number of anilines is 1. The highest BCUT2D eigenvalue weighted by molar-refractivity contribution is 6.04. The minimum Gasteiger partial charge on any atom is -0.462 e. The monoisotopic (exact) mass is 537 g/mol. The summed E-state index contributed by atoms with van der Waals surface area (Å²) in [7, 11) is 0. The van der Waals surface area contributed by atoms with Gasteiger partial charge in [0.15, 0.2) is 0 Å². The van der Waals surface area contributed by atoms with Crippen LogP contribution in [0.3, 0.4) is 0 Å². The number of nitrogens with zero attached hydrogens (tertiary/aromatic N) is 2. The van der Waals surface area contributed by atoms with Crippen molar-refractivity contribution >= 4 is 17.6 Å². The highest BCUT2D eigenvalue weighted by Crippen LogP contribution is 2.50. The summed E-state index contributed by atoms with van der Waals surface area (Å²) in [6, 6.07) is 7.82. The zero-order valence-corrected chi connectivity index (χ0v) is 22.6. The van der Waals surface area contributed by atoms with Crippen LogP contribution < -0.4 is 10.1 Å². The topological polar surface area (TPSA) is 82.4 Å². The molecule has 0 bridgehead atoms. The Kier molecular flexibility index (Phi) is 6.95. The normalized spacial score (nSPS) is 16.4. The molecule has 0 radical (unpaired) electrons. The molecule has 39 heavy (non-hydrogen) atoms. The van der Waals surface area contributed by atoms with Crippen molar-refractivity contribution in [3.63, 3.8) is 0 Å². The van der Waals surface area contributed by atoms with Gasteiger partial charge in [0.25, 0.3) is 0 Å². The van der Waals surface area contributed by atoms with Crippen LogP contribution in [0.15, 0.2) is 42.7 Å². The Morgan fingerprint density at radius 3 is 2.54 bits per heavy atom. The smallest absolute Gasteiger partial charge is 0.338 e. The maximum Gasteiger partial charge on any atom is 0.338 e. The number of carbonyl (C=O) groups is 2. The van der Waals surface area contributed by atoms with E-state index < -0.39 is 23.1 Å². The Labute approximate surface area is 226 Å². The number of aromatic nitrogens is 2. The molecule has 2 fully saturated rings. The van der Waals surface area contributed by atoms with Crippen LogP contribution in [-0.4, -0.2) is 34.1 Å². The molecule has 0 aliphatic heterocycles. The van der Waals surface area contributed by atoms with Crippen LogP contribution in [0.25, 0.3) is 11.1 Å². The lowest BCUT2D eigenvalue weighted by molar-refractivity contribution is -0.118. The van der Waals surface area contributed by atoms with Crippen LogP contribution >= 0.6 is 0 Å². The lowest BCUT2D eigenvalue weighted by Crippen LogP contribution is -2.29. The molecular weight excluding hydrogens is 504 g/mol. The highest BCUT2D eigenvalue weighted by Gasteiger charge is 2.53. The largest absolute Gasteiger partial charge is 0.462 e. The average Bonchev–Trinajstić information content (AvgIpc) is 3.49. The zero-order chi connectivity index (χ0) is 27.9. The number of halogens is 2. The summed E-state index contributed by atoms with van der Waals surface area (Å²) in [5.41, 5.74) is 2.21. The third-order valence-corrected chi connectivity index (χ3v) is 7.43. The van der Waals surface area contributed by atoms with Gasteiger partial charge in [-0.15, -0.1) is 0 Å². The Morgan fingerprint density at radius 2 is 1.95 bits per heavy atom. The highest BCUT2D eigenvalue weighted by atomic mass is 19.2. The van der Waals surface area contributed by atoms with Crippen molar-refractivity contribution in [1.82, 2.24) is 9.78 Å². The van der Waals surface area contributed by atoms with E-state index >= 15 is 4.39 Å². The molecule has 2 aliphatic carbocycles. The van der Waals surface area contributed by atoms with Gasteiger partial charge in [-0.2, -0.15) is 9.49 Å². The lowest BCUT2D eigenvalue weighted by atomic mass is 9.92. The number of benzene rings is 2. The van der Waals surface area contributed by atoms with Gasteiger partial charge in [-0.25, -0.2) is 9.18 Å². The van der Waals surface area contributed by atoms with Gasteiger partial charge >= 0.3 is 5.97 Å². The van der Waals surface area contributed by atoms with E-state index in [1.165, 1.54) is 32.4 Å². The van der Waals surface area contributed by atoms with E-state index in [-0.39, 0.29) is 23.8 Å². The standard InChI is InChI=1S/C30H33F2N3O4/c1-5-38-27(36)23-14-20(13-18(2)26(23)19-16-33-35(17-19)21-7-6-8-21)34-28(37)30(11-12-30)24-10-9-22(15-25(24)31)39-29(3,4)32/h9-10,13-17,21H,5-8,11-12H2,1-4H3,(H,34,37). The molecule has 9 heteroatoms. The minimum atomic E-state index is -1.96. The number of amides is 1. The molecular formula is C30H33F2N3O4. The summed E-state index contributed by atoms with van der Waals surface area (Å²) in [5.74, 6) is -3.42. The summed E-state index contributed by atoms with van der Waals surface area (Å²) in [6.45, 7) is 6.27. The van der Waals surface area contributed by atoms with Crippen molar-refractivity contribution < 1.29 is 27.8 Å². The fourth-order valence-electron chi connectivity index (χ4n) is 5.15. The SMILES string of the molecule is CCOC(=O)c1cc(NC(=O)C2(c3ccc(OC(C)(C)F)cc3F)CC2)cc(C)c1-c1cnn(C2CCC2)c1. The number of aryl methyl sites for hydroxylation is 1. The van der Waals surface area contributed by atoms with E-state index in [1.807, 2.05) is 17.8 Å². The molecule has 0 unspecified atom stereocenters. The van der Waals surface area contributed by atoms with E-state index in [0.717, 1.165) is 30.0 Å². The Hall–Kier alpha value is -3.75. The second-order valence-corrected chi connectivity index (χ2v) is 10.9. The Bertz CT molecular complexity index is 1420. The molecule has 1 aromatic heterocycles. The Morgan fingerprint density at radius 1 is 1.21 bits per heavy atom. The van der Waals surface area contributed by atoms with Gasteiger partial charge in [0.2, 0.25) is 11.8 Å².